The van der Waals surface area contributed by atoms with E-state index in [4.69, 9.17) is 0 Å². The Hall–Kier alpha value is -5.34. The minimum Gasteiger partial charge on any atom is -0.127 e. The number of rotatable bonds is 2. The fourth-order valence-electron chi connectivity index (χ4n) is 7.04. The van der Waals surface area contributed by atoms with E-state index in [-0.39, 0.29) is 6.17 Å². The largest absolute Gasteiger partial charge is 0.380 e. The van der Waals surface area contributed by atoms with E-state index in [0.717, 1.165) is 0 Å². The summed E-state index contributed by atoms with van der Waals surface area (Å²) in [6.07, 6.45) is 4.48. The Bertz CT molecular complexity index is 2370. The topological polar surface area (TPSA) is 6.89 Å². The number of benzene rings is 6. The Morgan fingerprint density at radius 2 is 1.05 bits per heavy atom. The highest BCUT2D eigenvalue weighted by molar-refractivity contribution is 6.32. The van der Waals surface area contributed by atoms with Gasteiger partial charge in [0.1, 0.15) is 0 Å². The summed E-state index contributed by atoms with van der Waals surface area (Å²) >= 11 is 0. The summed E-state index contributed by atoms with van der Waals surface area (Å²) in [5, 5.41) is 12.9. The number of pyridine rings is 1. The second kappa shape index (κ2) is 8.58. The maximum Gasteiger partial charge on any atom is 0.380 e. The Kier molecular flexibility index (Phi) is 4.70. The lowest BCUT2D eigenvalue weighted by molar-refractivity contribution is -0.830. The number of hydrogen-bond acceptors (Lipinski definition) is 0. The van der Waals surface area contributed by atoms with Gasteiger partial charge in [0, 0.05) is 24.3 Å². The maximum atomic E-state index is 2.45. The van der Waals surface area contributed by atoms with Gasteiger partial charge in [-0.2, -0.15) is 0 Å². The summed E-state index contributed by atoms with van der Waals surface area (Å²) in [4.78, 5) is 0. The highest BCUT2D eigenvalue weighted by Gasteiger charge is 2.42. The van der Waals surface area contributed by atoms with Crippen LogP contribution in [0.25, 0.3) is 53.9 Å². The molecule has 7 aromatic carbocycles. The molecule has 0 saturated carbocycles. The molecule has 1 aromatic heterocycles. The van der Waals surface area contributed by atoms with Crippen LogP contribution < -0.4 is 4.57 Å². The van der Waals surface area contributed by atoms with Crippen LogP contribution in [0.3, 0.4) is 0 Å². The molecule has 2 heteroatoms. The first kappa shape index (κ1) is 22.5. The van der Waals surface area contributed by atoms with E-state index in [1.165, 1.54) is 70.8 Å². The molecule has 0 N–H and O–H groups in total. The van der Waals surface area contributed by atoms with Gasteiger partial charge in [-0.3, -0.25) is 0 Å². The second-order valence-electron chi connectivity index (χ2n) is 11.0. The highest BCUT2D eigenvalue weighted by atomic mass is 15.3. The van der Waals surface area contributed by atoms with E-state index in [1.54, 1.807) is 0 Å². The average Bonchev–Trinajstić information content (AvgIpc) is 3.43. The van der Waals surface area contributed by atoms with Gasteiger partial charge in [-0.1, -0.05) is 97.1 Å². The first-order valence-electron chi connectivity index (χ1n) is 14.2. The number of para-hydroxylation sites is 1. The van der Waals surface area contributed by atoms with E-state index in [1.807, 2.05) is 0 Å². The summed E-state index contributed by atoms with van der Waals surface area (Å²) in [7, 11) is 0. The van der Waals surface area contributed by atoms with Gasteiger partial charge in [0.15, 0.2) is 6.20 Å². The average molecular weight is 523 g/mol. The van der Waals surface area contributed by atoms with Crippen molar-refractivity contribution >= 4 is 65.8 Å². The van der Waals surface area contributed by atoms with Crippen molar-refractivity contribution in [2.75, 3.05) is 0 Å². The molecule has 9 rings (SSSR count). The van der Waals surface area contributed by atoms with Crippen LogP contribution in [0.1, 0.15) is 17.4 Å². The molecule has 1 unspecified atom stereocenters. The second-order valence-corrected chi connectivity index (χ2v) is 11.0. The summed E-state index contributed by atoms with van der Waals surface area (Å²) in [5.41, 5.74) is 3.64. The van der Waals surface area contributed by atoms with E-state index >= 15 is 0 Å². The van der Waals surface area contributed by atoms with E-state index < -0.39 is 0 Å². The molecule has 41 heavy (non-hydrogen) atoms. The third-order valence-corrected chi connectivity index (χ3v) is 8.78. The van der Waals surface area contributed by atoms with Crippen molar-refractivity contribution < 1.29 is 9.14 Å². The molecule has 0 fully saturated rings. The van der Waals surface area contributed by atoms with Crippen LogP contribution in [0.5, 0.6) is 0 Å². The van der Waals surface area contributed by atoms with E-state index in [9.17, 15) is 0 Å². The van der Waals surface area contributed by atoms with Gasteiger partial charge < -0.3 is 0 Å². The highest BCUT2D eigenvalue weighted by Crippen LogP contribution is 2.41. The Balaban J connectivity index is 1.48. The minimum absolute atomic E-state index is 0.00470. The van der Waals surface area contributed by atoms with Crippen molar-refractivity contribution in [1.82, 2.24) is 0 Å². The predicted molar refractivity (Wildman–Crippen MR) is 170 cm³/mol. The molecule has 0 saturated heterocycles. The van der Waals surface area contributed by atoms with Crippen molar-refractivity contribution in [3.8, 4) is 0 Å². The third kappa shape index (κ3) is 3.25. The van der Waals surface area contributed by atoms with Crippen molar-refractivity contribution in [1.29, 1.82) is 0 Å². The molecule has 0 bridgehead atoms. The van der Waals surface area contributed by atoms with Gasteiger partial charge in [-0.25, -0.2) is 0 Å². The van der Waals surface area contributed by atoms with Crippen LogP contribution in [0.4, 0.5) is 5.69 Å². The van der Waals surface area contributed by atoms with Gasteiger partial charge in [-0.05, 0) is 72.1 Å². The molecular formula is C39H26N2+2. The number of nitrogens with zero attached hydrogens (tertiary/aromatic N) is 2. The van der Waals surface area contributed by atoms with Crippen molar-refractivity contribution in [2.45, 2.75) is 6.17 Å². The SMILES string of the molecule is C1=[N+](c2ccccc2)C(c2cc3ccc4cccc5c6ccccc6c6ccccc6c(c2)c3c45)[n+]2ccccc21. The first-order chi connectivity index (χ1) is 20.3. The van der Waals surface area contributed by atoms with Gasteiger partial charge in [0.2, 0.25) is 11.9 Å². The quantitative estimate of drug-likeness (QED) is 0.158. The van der Waals surface area contributed by atoms with E-state index in [0.29, 0.717) is 0 Å². The number of aromatic nitrogens is 1. The lowest BCUT2D eigenvalue weighted by Gasteiger charge is -2.15. The zero-order chi connectivity index (χ0) is 26.9. The normalized spacial score (nSPS) is 14.7. The van der Waals surface area contributed by atoms with Crippen molar-refractivity contribution in [3.63, 3.8) is 0 Å². The van der Waals surface area contributed by atoms with Gasteiger partial charge >= 0.3 is 6.17 Å². The van der Waals surface area contributed by atoms with Crippen LogP contribution in [0.15, 0.2) is 146 Å². The fourth-order valence-corrected chi connectivity index (χ4v) is 7.04. The summed E-state index contributed by atoms with van der Waals surface area (Å²) in [6, 6.07) is 51.2. The van der Waals surface area contributed by atoms with Crippen LogP contribution >= 0.6 is 0 Å². The number of fused-ring (bicyclic) bond motifs is 6. The molecule has 1 aliphatic heterocycles. The van der Waals surface area contributed by atoms with Gasteiger partial charge in [0.25, 0.3) is 5.69 Å². The molecule has 2 nitrogen and oxygen atoms in total. The monoisotopic (exact) mass is 522 g/mol. The summed E-state index contributed by atoms with van der Waals surface area (Å²) in [6.45, 7) is 0. The maximum absolute atomic E-state index is 2.45. The molecular weight excluding hydrogens is 496 g/mol. The molecule has 1 aliphatic rings. The molecule has 0 amide bonds. The minimum atomic E-state index is 0.00470. The molecule has 190 valence electrons. The predicted octanol–water partition coefficient (Wildman–Crippen LogP) is 9.06. The van der Waals surface area contributed by atoms with Crippen LogP contribution in [-0.2, 0) is 0 Å². The lowest BCUT2D eigenvalue weighted by atomic mass is 9.89. The smallest absolute Gasteiger partial charge is 0.127 e. The fraction of sp³-hybridized carbons (Fsp3) is 0.0256. The van der Waals surface area contributed by atoms with Crippen LogP contribution in [0, 0.1) is 0 Å². The third-order valence-electron chi connectivity index (χ3n) is 8.78. The van der Waals surface area contributed by atoms with Crippen molar-refractivity contribution in [3.05, 3.63) is 157 Å². The van der Waals surface area contributed by atoms with Gasteiger partial charge in [0.05, 0.1) is 5.56 Å². The molecule has 2 heterocycles. The summed E-state index contributed by atoms with van der Waals surface area (Å²) < 4.78 is 4.79. The van der Waals surface area contributed by atoms with Gasteiger partial charge in [-0.15, -0.1) is 9.14 Å². The molecule has 0 radical (unpaired) electrons. The molecule has 0 spiro atoms. The van der Waals surface area contributed by atoms with Crippen LogP contribution in [-0.4, -0.2) is 10.8 Å². The molecule has 0 aliphatic carbocycles. The first-order valence-corrected chi connectivity index (χ1v) is 14.2. The zero-order valence-corrected chi connectivity index (χ0v) is 22.4. The summed E-state index contributed by atoms with van der Waals surface area (Å²) in [5.74, 6) is 0. The van der Waals surface area contributed by atoms with Crippen molar-refractivity contribution in [2.24, 2.45) is 0 Å². The Labute approximate surface area is 237 Å². The van der Waals surface area contributed by atoms with E-state index in [2.05, 4.69) is 161 Å². The Morgan fingerprint density at radius 1 is 0.439 bits per heavy atom. The Morgan fingerprint density at radius 3 is 1.83 bits per heavy atom. The zero-order valence-electron chi connectivity index (χ0n) is 22.4. The molecule has 8 aromatic rings. The molecule has 1 atom stereocenters. The lowest BCUT2D eigenvalue weighted by Crippen LogP contribution is -2.42. The standard InChI is InChI=1S/C39H26N2/c1-2-12-29(13-3-1)41-25-30-14-8-9-22-40(30)39(41)28-23-27-21-20-26-11-10-19-35-33-17-6-4-15-31(33)32-16-5-7-18-34(32)36(24-28)38(27)37(26)35/h1-25,39H/q+2. The van der Waals surface area contributed by atoms with Crippen LogP contribution in [0.2, 0.25) is 0 Å². The number of hydrogen-bond donors (Lipinski definition) is 0.